The molecule has 16 heavy (non-hydrogen) atoms. The van der Waals surface area contributed by atoms with Gasteiger partial charge in [-0.25, -0.2) is 0 Å². The first kappa shape index (κ1) is 14.2. The average molecular weight is 244 g/mol. The molecule has 1 aliphatic carbocycles. The van der Waals surface area contributed by atoms with E-state index in [4.69, 9.17) is 4.43 Å². The van der Waals surface area contributed by atoms with Gasteiger partial charge in [-0.3, -0.25) is 0 Å². The van der Waals surface area contributed by atoms with Crippen molar-refractivity contribution in [2.24, 2.45) is 17.3 Å². The van der Waals surface area contributed by atoms with E-state index in [0.29, 0.717) is 24.5 Å². The number of rotatable bonds is 4. The highest BCUT2D eigenvalue weighted by Crippen LogP contribution is 2.41. The molecular weight excluding hydrogens is 216 g/mol. The van der Waals surface area contributed by atoms with Crippen LogP contribution in [0.15, 0.2) is 0 Å². The van der Waals surface area contributed by atoms with Crippen LogP contribution in [0.1, 0.15) is 40.0 Å². The molecule has 1 saturated carbocycles. The monoisotopic (exact) mass is 244 g/mol. The smallest absolute Gasteiger partial charge is 0.171 e. The molecule has 2 nitrogen and oxygen atoms in total. The minimum Gasteiger partial charge on any atom is -0.417 e. The number of aliphatic hydroxyl groups excluding tert-OH is 1. The topological polar surface area (TPSA) is 29.5 Å². The fourth-order valence-corrected chi connectivity index (χ4v) is 4.13. The van der Waals surface area contributed by atoms with Gasteiger partial charge in [0, 0.05) is 6.61 Å². The molecule has 3 heteroatoms. The Morgan fingerprint density at radius 3 is 2.38 bits per heavy atom. The molecule has 1 unspecified atom stereocenters. The molecule has 1 rings (SSSR count). The van der Waals surface area contributed by atoms with E-state index in [9.17, 15) is 5.11 Å². The predicted octanol–water partition coefficient (Wildman–Crippen LogP) is 2.81. The van der Waals surface area contributed by atoms with Gasteiger partial charge in [-0.15, -0.1) is 0 Å². The molecule has 0 aromatic rings. The summed E-state index contributed by atoms with van der Waals surface area (Å²) in [6, 6.07) is 0. The fourth-order valence-electron chi connectivity index (χ4n) is 2.93. The van der Waals surface area contributed by atoms with Gasteiger partial charge in [0.2, 0.25) is 0 Å². The normalized spacial score (nSPS) is 28.7. The first-order valence-corrected chi connectivity index (χ1v) is 9.40. The van der Waals surface area contributed by atoms with Crippen molar-refractivity contribution >= 4 is 9.04 Å². The van der Waals surface area contributed by atoms with Crippen LogP contribution < -0.4 is 0 Å². The van der Waals surface area contributed by atoms with Crippen LogP contribution in [0.4, 0.5) is 0 Å². The minimum absolute atomic E-state index is 0.194. The Hall–Kier alpha value is 0.137. The van der Waals surface area contributed by atoms with E-state index >= 15 is 0 Å². The molecular formula is C13H28O2Si. The lowest BCUT2D eigenvalue weighted by Crippen LogP contribution is -2.41. The van der Waals surface area contributed by atoms with Crippen molar-refractivity contribution in [3.8, 4) is 0 Å². The molecule has 0 aliphatic heterocycles. The number of aliphatic hydroxyl groups is 1. The highest BCUT2D eigenvalue weighted by atomic mass is 28.3. The van der Waals surface area contributed by atoms with Crippen molar-refractivity contribution in [2.75, 3.05) is 6.61 Å². The molecule has 0 bridgehead atoms. The lowest BCUT2D eigenvalue weighted by Gasteiger charge is -2.39. The average Bonchev–Trinajstić information content (AvgIpc) is 2.59. The van der Waals surface area contributed by atoms with E-state index in [0.717, 1.165) is 0 Å². The van der Waals surface area contributed by atoms with Gasteiger partial charge in [-0.1, -0.05) is 27.2 Å². The third kappa shape index (κ3) is 3.57. The molecule has 0 aromatic heterocycles. The third-order valence-corrected chi connectivity index (χ3v) is 4.45. The van der Waals surface area contributed by atoms with E-state index in [1.165, 1.54) is 19.3 Å². The lowest BCUT2D eigenvalue weighted by molar-refractivity contribution is 0.00627. The van der Waals surface area contributed by atoms with Gasteiger partial charge in [0.05, 0.1) is 6.10 Å². The van der Waals surface area contributed by atoms with Crippen molar-refractivity contribution in [3.63, 3.8) is 0 Å². The summed E-state index contributed by atoms with van der Waals surface area (Å²) in [7, 11) is -1.00. The molecule has 0 radical (unpaired) electrons. The van der Waals surface area contributed by atoms with Crippen LogP contribution in [0.3, 0.4) is 0 Å². The first-order valence-electron chi connectivity index (χ1n) is 6.62. The van der Waals surface area contributed by atoms with Crippen LogP contribution in [0.25, 0.3) is 0 Å². The van der Waals surface area contributed by atoms with Crippen molar-refractivity contribution in [1.82, 2.24) is 0 Å². The molecule has 0 heterocycles. The van der Waals surface area contributed by atoms with Crippen LogP contribution in [0, 0.1) is 17.3 Å². The highest BCUT2D eigenvalue weighted by Gasteiger charge is 2.40. The van der Waals surface area contributed by atoms with Crippen molar-refractivity contribution in [1.29, 1.82) is 0 Å². The zero-order valence-corrected chi connectivity index (χ0v) is 12.6. The molecule has 0 amide bonds. The van der Waals surface area contributed by atoms with Gasteiger partial charge >= 0.3 is 0 Å². The number of hydrogen-bond acceptors (Lipinski definition) is 2. The van der Waals surface area contributed by atoms with Gasteiger partial charge in [0.1, 0.15) is 0 Å². The van der Waals surface area contributed by atoms with Gasteiger partial charge in [0.25, 0.3) is 0 Å². The molecule has 1 aliphatic rings. The zero-order valence-electron chi connectivity index (χ0n) is 11.5. The maximum Gasteiger partial charge on any atom is 0.171 e. The maximum atomic E-state index is 9.44. The summed E-state index contributed by atoms with van der Waals surface area (Å²) in [6.07, 6.45) is 4.00. The molecule has 0 aromatic carbocycles. The Morgan fingerprint density at radius 2 is 1.94 bits per heavy atom. The first-order chi connectivity index (χ1) is 7.36. The van der Waals surface area contributed by atoms with Crippen LogP contribution in [-0.4, -0.2) is 26.9 Å². The molecule has 1 N–H and O–H groups in total. The van der Waals surface area contributed by atoms with E-state index in [1.54, 1.807) is 0 Å². The summed E-state index contributed by atoms with van der Waals surface area (Å²) in [5, 5.41) is 9.44. The summed E-state index contributed by atoms with van der Waals surface area (Å²) in [6.45, 7) is 11.6. The summed E-state index contributed by atoms with van der Waals surface area (Å²) in [4.78, 5) is 0. The van der Waals surface area contributed by atoms with Gasteiger partial charge in [0.15, 0.2) is 9.04 Å². The largest absolute Gasteiger partial charge is 0.417 e. The van der Waals surface area contributed by atoms with Crippen LogP contribution in [0.5, 0.6) is 0 Å². The predicted molar refractivity (Wildman–Crippen MR) is 71.1 cm³/mol. The second-order valence-electron chi connectivity index (χ2n) is 6.51. The molecule has 0 spiro atoms. The summed E-state index contributed by atoms with van der Waals surface area (Å²) < 4.78 is 6.26. The molecule has 3 atom stereocenters. The summed E-state index contributed by atoms with van der Waals surface area (Å²) >= 11 is 0. The summed E-state index contributed by atoms with van der Waals surface area (Å²) in [5.41, 5.74) is 0.194. The third-order valence-electron chi connectivity index (χ3n) is 3.61. The van der Waals surface area contributed by atoms with Crippen molar-refractivity contribution < 1.29 is 9.53 Å². The Morgan fingerprint density at radius 1 is 1.31 bits per heavy atom. The quantitative estimate of drug-likeness (QED) is 0.771. The van der Waals surface area contributed by atoms with E-state index < -0.39 is 9.04 Å². The maximum absolute atomic E-state index is 9.44. The van der Waals surface area contributed by atoms with Gasteiger partial charge in [-0.05, 0) is 43.2 Å². The lowest BCUT2D eigenvalue weighted by atomic mass is 9.77. The second kappa shape index (κ2) is 5.65. The fraction of sp³-hybridized carbons (Fsp3) is 1.00. The standard InChI is InChI=1S/C13H28O2Si/c1-13(2,3)12(15-16(4)5)11-8-6-7-10(11)9-14/h10-12,14,16H,6-9H2,1-5H3/t10-,11+,12?/m0/s1. The van der Waals surface area contributed by atoms with E-state index in [1.807, 2.05) is 0 Å². The van der Waals surface area contributed by atoms with Crippen LogP contribution in [0.2, 0.25) is 13.1 Å². The van der Waals surface area contributed by atoms with E-state index in [-0.39, 0.29) is 5.41 Å². The van der Waals surface area contributed by atoms with Crippen LogP contribution in [-0.2, 0) is 4.43 Å². The highest BCUT2D eigenvalue weighted by molar-refractivity contribution is 6.48. The van der Waals surface area contributed by atoms with Crippen LogP contribution >= 0.6 is 0 Å². The van der Waals surface area contributed by atoms with E-state index in [2.05, 4.69) is 33.9 Å². The minimum atomic E-state index is -1.00. The molecule has 0 saturated heterocycles. The molecule has 96 valence electrons. The van der Waals surface area contributed by atoms with Gasteiger partial charge in [-0.2, -0.15) is 0 Å². The molecule has 1 fully saturated rings. The Labute approximate surface area is 102 Å². The van der Waals surface area contributed by atoms with Crippen molar-refractivity contribution in [3.05, 3.63) is 0 Å². The van der Waals surface area contributed by atoms with Gasteiger partial charge < -0.3 is 9.53 Å². The van der Waals surface area contributed by atoms with Crippen molar-refractivity contribution in [2.45, 2.75) is 59.2 Å². The Kier molecular flexibility index (Phi) is 5.01. The number of hydrogen-bond donors (Lipinski definition) is 1. The SMILES string of the molecule is C[SiH](C)OC([C@@H]1CCC[C@H]1CO)C(C)(C)C. The zero-order chi connectivity index (χ0) is 12.3. The summed E-state index contributed by atoms with van der Waals surface area (Å²) in [5.74, 6) is 1.04. The Balaban J connectivity index is 2.75. The second-order valence-corrected chi connectivity index (χ2v) is 8.88. The Bertz CT molecular complexity index is 210.